The zero-order chi connectivity index (χ0) is 6.69. The molecule has 0 radical (unpaired) electrons. The van der Waals surface area contributed by atoms with Gasteiger partial charge in [0.15, 0.2) is 0 Å². The minimum atomic E-state index is -0.990. The van der Waals surface area contributed by atoms with Gasteiger partial charge in [-0.25, -0.2) is 9.78 Å². The molecule has 1 N–H and O–H groups in total. The molecule has 1 aromatic rings. The summed E-state index contributed by atoms with van der Waals surface area (Å²) in [4.78, 5) is 13.7. The van der Waals surface area contributed by atoms with Gasteiger partial charge in [-0.1, -0.05) is 6.07 Å². The van der Waals surface area contributed by atoms with E-state index >= 15 is 0 Å². The molecule has 1 rings (SSSR count). The van der Waals surface area contributed by atoms with Crippen molar-refractivity contribution in [3.8, 4) is 0 Å². The molecule has 0 aliphatic heterocycles. The van der Waals surface area contributed by atoms with E-state index in [4.69, 9.17) is 5.11 Å². The number of aromatic nitrogens is 1. The number of rotatable bonds is 1. The fourth-order valence-corrected chi connectivity index (χ4v) is 0.489. The fourth-order valence-electron chi connectivity index (χ4n) is 0.489. The van der Waals surface area contributed by atoms with Crippen molar-refractivity contribution in [2.24, 2.45) is 0 Å². The van der Waals surface area contributed by atoms with Crippen LogP contribution in [0, 0.1) is 0 Å². The zero-order valence-corrected chi connectivity index (χ0v) is 4.61. The van der Waals surface area contributed by atoms with Crippen LogP contribution in [0.15, 0.2) is 24.4 Å². The number of hydrogen-bond acceptors (Lipinski definition) is 2. The van der Waals surface area contributed by atoms with Crippen LogP contribution >= 0.6 is 0 Å². The Kier molecular flexibility index (Phi) is 4.11. The predicted octanol–water partition coefficient (Wildman–Crippen LogP) is -0.404. The molecule has 10 heavy (non-hydrogen) atoms. The molecule has 0 unspecified atom stereocenters. The Hall–Kier alpha value is -0.510. The van der Waals surface area contributed by atoms with E-state index in [-0.39, 0.29) is 31.5 Å². The Morgan fingerprint density at radius 1 is 1.50 bits per heavy atom. The van der Waals surface area contributed by atoms with E-state index in [2.05, 4.69) is 4.98 Å². The zero-order valence-electron chi connectivity index (χ0n) is 4.61. The molecule has 0 aromatic carbocycles. The Balaban J connectivity index is 0.000000810. The molecule has 0 saturated heterocycles. The summed E-state index contributed by atoms with van der Waals surface area (Å²) >= 11 is 0. The van der Waals surface area contributed by atoms with Gasteiger partial charge in [-0.2, -0.15) is 0 Å². The summed E-state index contributed by atoms with van der Waals surface area (Å²) in [6.07, 6.45) is 1.45. The molecular weight excluding hydrogens is 233 g/mol. The van der Waals surface area contributed by atoms with Gasteiger partial charge in [-0.3, -0.25) is 0 Å². The molecule has 1 heterocycles. The molecule has 0 fully saturated rings. The average molecular weight is 241 g/mol. The van der Waals surface area contributed by atoms with Crippen molar-refractivity contribution in [2.75, 3.05) is 0 Å². The molecule has 0 spiro atoms. The van der Waals surface area contributed by atoms with Crippen LogP contribution in [0.1, 0.15) is 10.5 Å². The van der Waals surface area contributed by atoms with Gasteiger partial charge in [0.2, 0.25) is 0 Å². The monoisotopic (exact) mass is 241 g/mol. The van der Waals surface area contributed by atoms with Crippen LogP contribution in [-0.4, -0.2) is 41.9 Å². The molecule has 0 aliphatic rings. The van der Waals surface area contributed by atoms with Crippen molar-refractivity contribution in [1.29, 1.82) is 0 Å². The first-order valence-electron chi connectivity index (χ1n) is 2.45. The van der Waals surface area contributed by atoms with Crippen molar-refractivity contribution in [2.45, 2.75) is 0 Å². The van der Waals surface area contributed by atoms with E-state index in [0.29, 0.717) is 0 Å². The van der Waals surface area contributed by atoms with E-state index in [0.717, 1.165) is 0 Å². The summed E-state index contributed by atoms with van der Waals surface area (Å²) in [6.45, 7) is 0. The van der Waals surface area contributed by atoms with Gasteiger partial charge >= 0.3 is 31.8 Å². The van der Waals surface area contributed by atoms with E-state index < -0.39 is 5.97 Å². The molecule has 0 aliphatic carbocycles. The average Bonchev–Trinajstić information content (AvgIpc) is 1.90. The van der Waals surface area contributed by atoms with Gasteiger partial charge in [0.05, 0.1) is 0 Å². The Morgan fingerprint density at radius 3 is 2.50 bits per heavy atom. The van der Waals surface area contributed by atoms with Crippen LogP contribution < -0.4 is 0 Å². The molecule has 1 aromatic heterocycles. The molecule has 0 bridgehead atoms. The number of nitrogens with zero attached hydrogens (tertiary/aromatic N) is 1. The minimum absolute atomic E-state index is 0. The number of pyridine rings is 1. The van der Waals surface area contributed by atoms with Crippen LogP contribution in [0.4, 0.5) is 0 Å². The summed E-state index contributed by atoms with van der Waals surface area (Å²) in [7, 11) is 0. The first-order chi connectivity index (χ1) is 4.30. The van der Waals surface area contributed by atoms with Gasteiger partial charge in [-0.05, 0) is 12.1 Å². The summed E-state index contributed by atoms with van der Waals surface area (Å²) in [5, 5.41) is 8.32. The number of carbonyl (C=O) groups is 1. The van der Waals surface area contributed by atoms with Crippen molar-refractivity contribution < 1.29 is 9.90 Å². The molecule has 4 heteroatoms. The van der Waals surface area contributed by atoms with Gasteiger partial charge in [0, 0.05) is 6.20 Å². The summed E-state index contributed by atoms with van der Waals surface area (Å²) in [5.74, 6) is -0.990. The first kappa shape index (κ1) is 9.49. The van der Waals surface area contributed by atoms with Gasteiger partial charge in [0.25, 0.3) is 0 Å². The third kappa shape index (κ3) is 2.39. The molecular formula is C6H8InNO2. The maximum atomic E-state index is 10.1. The van der Waals surface area contributed by atoms with Gasteiger partial charge in [-0.15, -0.1) is 0 Å². The van der Waals surface area contributed by atoms with Crippen molar-refractivity contribution in [3.05, 3.63) is 30.1 Å². The Bertz CT molecular complexity index is 212. The van der Waals surface area contributed by atoms with Crippen molar-refractivity contribution >= 4 is 31.8 Å². The summed E-state index contributed by atoms with van der Waals surface area (Å²) in [5.41, 5.74) is 0.0810. The van der Waals surface area contributed by atoms with Gasteiger partial charge in [0.1, 0.15) is 5.69 Å². The SMILES string of the molecule is O=C(O)c1ccccn1.[InH3]. The molecule has 0 amide bonds. The second-order valence-corrected chi connectivity index (χ2v) is 1.52. The van der Waals surface area contributed by atoms with Crippen molar-refractivity contribution in [3.63, 3.8) is 0 Å². The van der Waals surface area contributed by atoms with Crippen LogP contribution in [-0.2, 0) is 0 Å². The van der Waals surface area contributed by atoms with Gasteiger partial charge < -0.3 is 5.11 Å². The first-order valence-corrected chi connectivity index (χ1v) is 2.45. The van der Waals surface area contributed by atoms with Crippen LogP contribution in [0.2, 0.25) is 0 Å². The standard InChI is InChI=1S/C6H5NO2.In.3H/c8-6(9)5-3-1-2-4-7-5;;;;/h1-4H,(H,8,9);;;;. The third-order valence-electron chi connectivity index (χ3n) is 0.884. The molecule has 0 saturated carbocycles. The molecule has 0 atom stereocenters. The summed E-state index contributed by atoms with van der Waals surface area (Å²) in [6, 6.07) is 4.76. The number of carboxylic acids is 1. The second-order valence-electron chi connectivity index (χ2n) is 1.52. The van der Waals surface area contributed by atoms with Crippen LogP contribution in [0.3, 0.4) is 0 Å². The molecule has 3 nitrogen and oxygen atoms in total. The normalized spacial score (nSPS) is 8.00. The van der Waals surface area contributed by atoms with Crippen LogP contribution in [0.5, 0.6) is 0 Å². The number of aromatic carboxylic acids is 1. The van der Waals surface area contributed by atoms with E-state index in [1.165, 1.54) is 12.3 Å². The topological polar surface area (TPSA) is 50.2 Å². The fraction of sp³-hybridized carbons (Fsp3) is 0. The third-order valence-corrected chi connectivity index (χ3v) is 0.884. The predicted molar refractivity (Wildman–Crippen MR) is 41.1 cm³/mol. The van der Waals surface area contributed by atoms with Crippen molar-refractivity contribution in [1.82, 2.24) is 4.98 Å². The maximum absolute atomic E-state index is 10.1. The molecule has 52 valence electrons. The second kappa shape index (κ2) is 4.33. The quantitative estimate of drug-likeness (QED) is 0.727. The Labute approximate surface area is 76.9 Å². The summed E-state index contributed by atoms with van der Waals surface area (Å²) < 4.78 is 0. The Morgan fingerprint density at radius 2 is 2.20 bits per heavy atom. The van der Waals surface area contributed by atoms with E-state index in [9.17, 15) is 4.79 Å². The number of hydrogen-bond donors (Lipinski definition) is 1. The van der Waals surface area contributed by atoms with E-state index in [1.54, 1.807) is 12.1 Å². The van der Waals surface area contributed by atoms with E-state index in [1.807, 2.05) is 0 Å². The number of carboxylic acid groups (broad SMARTS) is 1. The van der Waals surface area contributed by atoms with Crippen LogP contribution in [0.25, 0.3) is 0 Å².